The molecule has 1 aliphatic heterocycles. The fraction of sp³-hybridized carbons (Fsp3) is 0.586. The number of hydrogen-bond acceptors (Lipinski definition) is 7. The van der Waals surface area contributed by atoms with Gasteiger partial charge in [-0.05, 0) is 68.1 Å². The van der Waals surface area contributed by atoms with Crippen molar-refractivity contribution >= 4 is 22.7 Å². The average molecular weight is 529 g/mol. The van der Waals surface area contributed by atoms with Crippen LogP contribution in [-0.4, -0.2) is 47.2 Å². The van der Waals surface area contributed by atoms with E-state index in [2.05, 4.69) is 13.8 Å². The second-order valence-electron chi connectivity index (χ2n) is 11.6. The summed E-state index contributed by atoms with van der Waals surface area (Å²) in [7, 11) is 1.47. The van der Waals surface area contributed by atoms with Crippen molar-refractivity contribution in [2.24, 2.45) is 28.6 Å². The summed E-state index contributed by atoms with van der Waals surface area (Å²) in [4.78, 5) is 25.8. The number of aliphatic hydroxyl groups is 1. The lowest BCUT2D eigenvalue weighted by atomic mass is 9.46. The van der Waals surface area contributed by atoms with Crippen LogP contribution in [0.2, 0.25) is 0 Å². The zero-order chi connectivity index (χ0) is 26.3. The third-order valence-corrected chi connectivity index (χ3v) is 10.9. The van der Waals surface area contributed by atoms with Crippen LogP contribution in [0.1, 0.15) is 51.4 Å². The van der Waals surface area contributed by atoms with Crippen LogP contribution in [0.3, 0.4) is 0 Å². The molecule has 0 bridgehead atoms. The van der Waals surface area contributed by atoms with E-state index in [4.69, 9.17) is 14.2 Å². The number of rotatable bonds is 3. The molecule has 1 saturated heterocycles. The minimum atomic E-state index is -1.30. The van der Waals surface area contributed by atoms with Crippen LogP contribution < -0.4 is 4.74 Å². The molecule has 3 saturated carbocycles. The molecule has 0 radical (unpaired) electrons. The van der Waals surface area contributed by atoms with E-state index < -0.39 is 40.7 Å². The van der Waals surface area contributed by atoms with Crippen molar-refractivity contribution in [2.75, 3.05) is 13.4 Å². The first kappa shape index (κ1) is 25.3. The Kier molecular flexibility index (Phi) is 5.81. The highest BCUT2D eigenvalue weighted by atomic mass is 32.2. The Balaban J connectivity index is 1.39. The minimum absolute atomic E-state index is 0.000382. The van der Waals surface area contributed by atoms with Gasteiger partial charge in [0.15, 0.2) is 17.7 Å². The van der Waals surface area contributed by atoms with Crippen molar-refractivity contribution in [3.63, 3.8) is 0 Å². The molecule has 0 unspecified atom stereocenters. The number of ketones is 1. The maximum Gasteiger partial charge on any atom is 0.223 e. The van der Waals surface area contributed by atoms with Crippen LogP contribution in [0, 0.1) is 34.4 Å². The van der Waals surface area contributed by atoms with Crippen LogP contribution in [0.4, 0.5) is 4.39 Å². The maximum absolute atomic E-state index is 15.0. The highest BCUT2D eigenvalue weighted by Crippen LogP contribution is 2.71. The molecule has 0 spiro atoms. The maximum atomic E-state index is 15.0. The topological polar surface area (TPSA) is 82.1 Å². The molecule has 0 amide bonds. The van der Waals surface area contributed by atoms with Crippen molar-refractivity contribution in [1.29, 1.82) is 0 Å². The van der Waals surface area contributed by atoms with Gasteiger partial charge >= 0.3 is 0 Å². The Labute approximate surface area is 220 Å². The fourth-order valence-electron chi connectivity index (χ4n) is 8.53. The number of hydrogen-bond donors (Lipinski definition) is 1. The van der Waals surface area contributed by atoms with Crippen molar-refractivity contribution in [2.45, 2.75) is 63.6 Å². The summed E-state index contributed by atoms with van der Waals surface area (Å²) in [5.74, 6) is 0.0205. The van der Waals surface area contributed by atoms with Crippen LogP contribution in [0.25, 0.3) is 0 Å². The highest BCUT2D eigenvalue weighted by molar-refractivity contribution is 8.13. The number of carbonyl (C=O) groups is 2. The van der Waals surface area contributed by atoms with Gasteiger partial charge in [0.1, 0.15) is 11.6 Å². The van der Waals surface area contributed by atoms with Crippen molar-refractivity contribution in [3.05, 3.63) is 53.4 Å². The van der Waals surface area contributed by atoms with Gasteiger partial charge in [-0.3, -0.25) is 9.59 Å². The summed E-state index contributed by atoms with van der Waals surface area (Å²) in [6.07, 6.45) is 7.38. The van der Waals surface area contributed by atoms with Gasteiger partial charge in [0, 0.05) is 28.4 Å². The Morgan fingerprint density at radius 1 is 1.30 bits per heavy atom. The SMILES string of the molecule is COc1ccc([C@@H]2O[C@@H]3C[C@H]4[C@@H]5CCC6=CC(=O)C=C[C@]6(C)[C@H]5[C@@H](O)C[C@]4(C)[C@]3(C(=O)SC)O2)c(F)c1. The Morgan fingerprint density at radius 3 is 2.78 bits per heavy atom. The van der Waals surface area contributed by atoms with Gasteiger partial charge in [-0.1, -0.05) is 37.3 Å². The summed E-state index contributed by atoms with van der Waals surface area (Å²) in [6.45, 7) is 4.17. The fourth-order valence-corrected chi connectivity index (χ4v) is 9.25. The van der Waals surface area contributed by atoms with Gasteiger partial charge < -0.3 is 19.3 Å². The molecule has 1 aromatic carbocycles. The third-order valence-electron chi connectivity index (χ3n) is 10.2. The summed E-state index contributed by atoms with van der Waals surface area (Å²) in [6, 6.07) is 4.52. The molecule has 6 rings (SSSR count). The van der Waals surface area contributed by atoms with Gasteiger partial charge in [-0.2, -0.15) is 0 Å². The van der Waals surface area contributed by atoms with E-state index in [1.54, 1.807) is 30.5 Å². The number of ether oxygens (including phenoxy) is 3. The molecule has 1 aromatic rings. The summed E-state index contributed by atoms with van der Waals surface area (Å²) in [5.41, 5.74) is -1.07. The molecule has 1 N–H and O–H groups in total. The van der Waals surface area contributed by atoms with Crippen LogP contribution in [0.5, 0.6) is 5.75 Å². The summed E-state index contributed by atoms with van der Waals surface area (Å²) in [5, 5.41) is 11.6. The van der Waals surface area contributed by atoms with Gasteiger partial charge in [-0.25, -0.2) is 4.39 Å². The monoisotopic (exact) mass is 528 g/mol. The standard InChI is InChI=1S/C29H33FO6S/c1-27-10-9-16(31)11-15(27)5-7-18-20-13-23-29(26(33)37-4,28(20,2)14-22(32)24(18)27)36-25(35-23)19-8-6-17(34-3)12-21(19)30/h6,8-12,18,20,22-25,32H,5,7,13-14H2,1-4H3/t18-,20-,22-,23+,24+,25+,27-,28-,29-/m0/s1. The van der Waals surface area contributed by atoms with Crippen LogP contribution in [0.15, 0.2) is 42.0 Å². The quantitative estimate of drug-likeness (QED) is 0.606. The van der Waals surface area contributed by atoms with E-state index in [1.165, 1.54) is 13.2 Å². The number of aliphatic hydroxyl groups excluding tert-OH is 1. The van der Waals surface area contributed by atoms with Crippen molar-refractivity contribution < 1.29 is 33.3 Å². The Hall–Kier alpha value is -2.00. The molecule has 4 fully saturated rings. The number of halogens is 1. The molecule has 4 aliphatic carbocycles. The lowest BCUT2D eigenvalue weighted by molar-refractivity contribution is -0.195. The smallest absolute Gasteiger partial charge is 0.223 e. The number of methoxy groups -OCH3 is 1. The van der Waals surface area contributed by atoms with E-state index >= 15 is 4.39 Å². The molecular weight excluding hydrogens is 495 g/mol. The Bertz CT molecular complexity index is 1230. The molecular formula is C29H33FO6S. The predicted octanol–water partition coefficient (Wildman–Crippen LogP) is 4.77. The first-order valence-electron chi connectivity index (χ1n) is 13.0. The molecule has 0 aromatic heterocycles. The first-order chi connectivity index (χ1) is 17.6. The van der Waals surface area contributed by atoms with Crippen LogP contribution in [-0.2, 0) is 19.1 Å². The number of allylic oxidation sites excluding steroid dienone is 4. The number of fused-ring (bicyclic) bond motifs is 7. The molecule has 6 nitrogen and oxygen atoms in total. The summed E-state index contributed by atoms with van der Waals surface area (Å²) < 4.78 is 33.1. The normalized spacial score (nSPS) is 43.9. The average Bonchev–Trinajstić information content (AvgIpc) is 3.36. The second kappa shape index (κ2) is 8.50. The minimum Gasteiger partial charge on any atom is -0.497 e. The van der Waals surface area contributed by atoms with Crippen molar-refractivity contribution in [3.8, 4) is 5.75 Å². The molecule has 9 atom stereocenters. The Morgan fingerprint density at radius 2 is 2.08 bits per heavy atom. The molecule has 8 heteroatoms. The molecule has 1 heterocycles. The number of carbonyl (C=O) groups excluding carboxylic acids is 2. The molecule has 198 valence electrons. The third kappa shape index (κ3) is 3.28. The van der Waals surface area contributed by atoms with E-state index in [0.717, 1.165) is 30.2 Å². The van der Waals surface area contributed by atoms with E-state index in [0.29, 0.717) is 18.6 Å². The van der Waals surface area contributed by atoms with Gasteiger partial charge in [-0.15, -0.1) is 0 Å². The summed E-state index contributed by atoms with van der Waals surface area (Å²) >= 11 is 1.10. The molecule has 37 heavy (non-hydrogen) atoms. The van der Waals surface area contributed by atoms with Crippen LogP contribution >= 0.6 is 11.8 Å². The van der Waals surface area contributed by atoms with Gasteiger partial charge in [0.05, 0.1) is 19.3 Å². The zero-order valence-electron chi connectivity index (χ0n) is 21.5. The van der Waals surface area contributed by atoms with Crippen molar-refractivity contribution in [1.82, 2.24) is 0 Å². The lowest BCUT2D eigenvalue weighted by Crippen LogP contribution is -2.62. The number of benzene rings is 1. The van der Waals surface area contributed by atoms with E-state index in [9.17, 15) is 14.7 Å². The van der Waals surface area contributed by atoms with Gasteiger partial charge in [0.25, 0.3) is 0 Å². The molecule has 5 aliphatic rings. The predicted molar refractivity (Wildman–Crippen MR) is 136 cm³/mol. The zero-order valence-corrected chi connectivity index (χ0v) is 22.3. The van der Waals surface area contributed by atoms with E-state index in [1.807, 2.05) is 6.08 Å². The van der Waals surface area contributed by atoms with E-state index in [-0.39, 0.29) is 34.2 Å². The highest BCUT2D eigenvalue weighted by Gasteiger charge is 2.76. The first-order valence-corrected chi connectivity index (χ1v) is 14.2. The lowest BCUT2D eigenvalue weighted by Gasteiger charge is -2.59. The largest absolute Gasteiger partial charge is 0.497 e. The van der Waals surface area contributed by atoms with Gasteiger partial charge in [0.2, 0.25) is 5.12 Å². The number of thioether (sulfide) groups is 1. The second-order valence-corrected chi connectivity index (χ2v) is 12.4.